The molecule has 1 aromatic rings. The Bertz CT molecular complexity index is 347. The summed E-state index contributed by atoms with van der Waals surface area (Å²) in [5.74, 6) is -0.379. The van der Waals surface area contributed by atoms with Crippen molar-refractivity contribution < 1.29 is 4.74 Å². The summed E-state index contributed by atoms with van der Waals surface area (Å²) in [4.78, 5) is 0. The molecule has 0 saturated carbocycles. The minimum Gasteiger partial charge on any atom is -0.473 e. The molecule has 0 heterocycles. The molecule has 0 radical (unpaired) electrons. The highest BCUT2D eigenvalue weighted by molar-refractivity contribution is 9.10. The first kappa shape index (κ1) is 13.1. The van der Waals surface area contributed by atoms with Crippen LogP contribution in [0.1, 0.15) is 5.56 Å². The standard InChI is InChI=1S/C9H7BrCl3NO/c10-7-3-1-6(2-4-7)5-15-8(14)9(11,12)13/h1-4,14H,5H2. The molecule has 0 aliphatic rings. The predicted octanol–water partition coefficient (Wildman–Crippen LogP) is 4.31. The zero-order valence-corrected chi connectivity index (χ0v) is 11.3. The van der Waals surface area contributed by atoms with E-state index in [0.717, 1.165) is 10.0 Å². The topological polar surface area (TPSA) is 33.1 Å². The van der Waals surface area contributed by atoms with Gasteiger partial charge in [0.15, 0.2) is 0 Å². The first-order chi connectivity index (χ1) is 6.89. The van der Waals surface area contributed by atoms with Crippen LogP contribution >= 0.6 is 50.7 Å². The number of halogens is 4. The van der Waals surface area contributed by atoms with E-state index in [-0.39, 0.29) is 12.5 Å². The van der Waals surface area contributed by atoms with Crippen molar-refractivity contribution in [2.75, 3.05) is 0 Å². The van der Waals surface area contributed by atoms with Gasteiger partial charge in [0.05, 0.1) is 0 Å². The number of benzene rings is 1. The molecule has 0 bridgehead atoms. The average molecular weight is 331 g/mol. The molecule has 0 spiro atoms. The number of hydrogen-bond donors (Lipinski definition) is 1. The zero-order valence-electron chi connectivity index (χ0n) is 7.44. The second kappa shape index (κ2) is 5.39. The second-order valence-corrected chi connectivity index (χ2v) is 5.94. The van der Waals surface area contributed by atoms with Gasteiger partial charge in [-0.3, -0.25) is 5.41 Å². The Morgan fingerprint density at radius 2 is 1.80 bits per heavy atom. The third kappa shape index (κ3) is 4.60. The highest BCUT2D eigenvalue weighted by Crippen LogP contribution is 2.28. The van der Waals surface area contributed by atoms with Gasteiger partial charge in [-0.15, -0.1) is 0 Å². The van der Waals surface area contributed by atoms with E-state index in [1.54, 1.807) is 0 Å². The average Bonchev–Trinajstić information content (AvgIpc) is 2.15. The molecule has 2 nitrogen and oxygen atoms in total. The summed E-state index contributed by atoms with van der Waals surface area (Å²) in [5, 5.41) is 7.30. The Labute approximate surface area is 111 Å². The van der Waals surface area contributed by atoms with Gasteiger partial charge >= 0.3 is 0 Å². The Kier molecular flexibility index (Phi) is 4.71. The molecule has 0 aliphatic heterocycles. The molecular weight excluding hydrogens is 324 g/mol. The van der Waals surface area contributed by atoms with Gasteiger partial charge in [0.1, 0.15) is 6.61 Å². The van der Waals surface area contributed by atoms with Crippen LogP contribution in [0.4, 0.5) is 0 Å². The SMILES string of the molecule is N=C(OCc1ccc(Br)cc1)C(Cl)(Cl)Cl. The third-order valence-electron chi connectivity index (χ3n) is 1.55. The van der Waals surface area contributed by atoms with Crippen molar-refractivity contribution in [2.45, 2.75) is 10.4 Å². The van der Waals surface area contributed by atoms with E-state index in [2.05, 4.69) is 15.9 Å². The first-order valence-corrected chi connectivity index (χ1v) is 5.85. The van der Waals surface area contributed by atoms with Crippen molar-refractivity contribution in [1.29, 1.82) is 5.41 Å². The lowest BCUT2D eigenvalue weighted by Gasteiger charge is -2.13. The third-order valence-corrected chi connectivity index (χ3v) is 2.60. The van der Waals surface area contributed by atoms with Crippen LogP contribution in [-0.2, 0) is 11.3 Å². The summed E-state index contributed by atoms with van der Waals surface area (Å²) >= 11 is 19.7. The van der Waals surface area contributed by atoms with E-state index in [9.17, 15) is 0 Å². The van der Waals surface area contributed by atoms with Crippen LogP contribution < -0.4 is 0 Å². The largest absolute Gasteiger partial charge is 0.473 e. The lowest BCUT2D eigenvalue weighted by atomic mass is 10.2. The van der Waals surface area contributed by atoms with Crippen LogP contribution in [0.15, 0.2) is 28.7 Å². The molecule has 0 aromatic heterocycles. The molecule has 0 amide bonds. The summed E-state index contributed by atoms with van der Waals surface area (Å²) in [7, 11) is 0. The Morgan fingerprint density at radius 3 is 2.27 bits per heavy atom. The number of alkyl halides is 3. The van der Waals surface area contributed by atoms with Gasteiger partial charge < -0.3 is 4.74 Å². The molecule has 0 unspecified atom stereocenters. The smallest absolute Gasteiger partial charge is 0.265 e. The van der Waals surface area contributed by atoms with Crippen LogP contribution in [0.25, 0.3) is 0 Å². The summed E-state index contributed by atoms with van der Waals surface area (Å²) in [6.07, 6.45) is 0. The molecule has 0 atom stereocenters. The molecule has 0 saturated heterocycles. The summed E-state index contributed by atoms with van der Waals surface area (Å²) < 4.78 is 4.18. The minimum atomic E-state index is -1.80. The fourth-order valence-electron chi connectivity index (χ4n) is 0.818. The van der Waals surface area contributed by atoms with Gasteiger partial charge in [0.25, 0.3) is 3.79 Å². The van der Waals surface area contributed by atoms with Crippen LogP contribution in [0.3, 0.4) is 0 Å². The van der Waals surface area contributed by atoms with Crippen LogP contribution in [0.5, 0.6) is 0 Å². The van der Waals surface area contributed by atoms with E-state index >= 15 is 0 Å². The minimum absolute atomic E-state index is 0.208. The van der Waals surface area contributed by atoms with E-state index in [4.69, 9.17) is 44.9 Å². The highest BCUT2D eigenvalue weighted by atomic mass is 79.9. The maximum atomic E-state index is 7.30. The molecule has 15 heavy (non-hydrogen) atoms. The second-order valence-electron chi connectivity index (χ2n) is 2.74. The Morgan fingerprint density at radius 1 is 1.27 bits per heavy atom. The molecule has 6 heteroatoms. The van der Waals surface area contributed by atoms with Crippen molar-refractivity contribution in [3.05, 3.63) is 34.3 Å². The van der Waals surface area contributed by atoms with Crippen LogP contribution in [-0.4, -0.2) is 9.69 Å². The van der Waals surface area contributed by atoms with Gasteiger partial charge in [-0.05, 0) is 17.7 Å². The molecule has 1 aromatic carbocycles. The number of rotatable bonds is 2. The predicted molar refractivity (Wildman–Crippen MR) is 66.9 cm³/mol. The normalized spacial score (nSPS) is 11.2. The fraction of sp³-hybridized carbons (Fsp3) is 0.222. The molecule has 0 aliphatic carbocycles. The van der Waals surface area contributed by atoms with E-state index in [0.29, 0.717) is 0 Å². The highest BCUT2D eigenvalue weighted by Gasteiger charge is 2.28. The van der Waals surface area contributed by atoms with Gasteiger partial charge in [-0.2, -0.15) is 0 Å². The monoisotopic (exact) mass is 329 g/mol. The Hall–Kier alpha value is 0.0400. The van der Waals surface area contributed by atoms with Gasteiger partial charge in [-0.1, -0.05) is 62.9 Å². The molecular formula is C9H7BrCl3NO. The van der Waals surface area contributed by atoms with Crippen molar-refractivity contribution in [2.24, 2.45) is 0 Å². The first-order valence-electron chi connectivity index (χ1n) is 3.92. The lowest BCUT2D eigenvalue weighted by Crippen LogP contribution is -2.20. The van der Waals surface area contributed by atoms with Gasteiger partial charge in [-0.25, -0.2) is 0 Å². The summed E-state index contributed by atoms with van der Waals surface area (Å²) in [6.45, 7) is 0.208. The number of ether oxygens (including phenoxy) is 1. The van der Waals surface area contributed by atoms with Crippen molar-refractivity contribution >= 4 is 56.6 Å². The maximum Gasteiger partial charge on any atom is 0.265 e. The van der Waals surface area contributed by atoms with Crippen LogP contribution in [0.2, 0.25) is 0 Å². The molecule has 82 valence electrons. The van der Waals surface area contributed by atoms with Crippen LogP contribution in [0, 0.1) is 5.41 Å². The van der Waals surface area contributed by atoms with Gasteiger partial charge in [0.2, 0.25) is 5.90 Å². The molecule has 1 rings (SSSR count). The Balaban J connectivity index is 2.51. The van der Waals surface area contributed by atoms with E-state index in [1.165, 1.54) is 0 Å². The van der Waals surface area contributed by atoms with E-state index < -0.39 is 3.79 Å². The lowest BCUT2D eigenvalue weighted by molar-refractivity contribution is 0.284. The molecule has 1 N–H and O–H groups in total. The maximum absolute atomic E-state index is 7.30. The van der Waals surface area contributed by atoms with Crippen molar-refractivity contribution in [1.82, 2.24) is 0 Å². The number of hydrogen-bond acceptors (Lipinski definition) is 2. The zero-order chi connectivity index (χ0) is 11.5. The summed E-state index contributed by atoms with van der Waals surface area (Å²) in [6, 6.07) is 7.46. The molecule has 0 fully saturated rings. The van der Waals surface area contributed by atoms with Crippen molar-refractivity contribution in [3.63, 3.8) is 0 Å². The number of nitrogens with one attached hydrogen (secondary N) is 1. The summed E-state index contributed by atoms with van der Waals surface area (Å²) in [5.41, 5.74) is 0.900. The van der Waals surface area contributed by atoms with Crippen molar-refractivity contribution in [3.8, 4) is 0 Å². The quantitative estimate of drug-likeness (QED) is 0.489. The fourth-order valence-corrected chi connectivity index (χ4v) is 1.25. The van der Waals surface area contributed by atoms with E-state index in [1.807, 2.05) is 24.3 Å². The van der Waals surface area contributed by atoms with Gasteiger partial charge in [0, 0.05) is 4.47 Å².